The molecule has 0 N–H and O–H groups in total. The van der Waals surface area contributed by atoms with Crippen LogP contribution in [0.1, 0.15) is 16.8 Å². The average molecular weight is 233 g/mol. The fraction of sp³-hybridized carbons (Fsp3) is 0.118. The van der Waals surface area contributed by atoms with Gasteiger partial charge in [-0.05, 0) is 24.6 Å². The van der Waals surface area contributed by atoms with Crippen LogP contribution in [0.5, 0.6) is 0 Å². The van der Waals surface area contributed by atoms with Crippen LogP contribution in [-0.4, -0.2) is 4.98 Å². The van der Waals surface area contributed by atoms with Crippen LogP contribution in [0, 0.1) is 6.92 Å². The molecule has 18 heavy (non-hydrogen) atoms. The van der Waals surface area contributed by atoms with Crippen LogP contribution in [0.2, 0.25) is 0 Å². The van der Waals surface area contributed by atoms with E-state index >= 15 is 0 Å². The van der Waals surface area contributed by atoms with Gasteiger partial charge in [-0.2, -0.15) is 0 Å². The van der Waals surface area contributed by atoms with E-state index in [1.165, 1.54) is 16.5 Å². The number of nitrogens with zero attached hydrogens (tertiary/aromatic N) is 1. The van der Waals surface area contributed by atoms with Crippen molar-refractivity contribution in [3.8, 4) is 0 Å². The Labute approximate surface area is 107 Å². The van der Waals surface area contributed by atoms with E-state index in [0.717, 1.165) is 17.6 Å². The number of aromatic nitrogens is 1. The van der Waals surface area contributed by atoms with Crippen LogP contribution in [-0.2, 0) is 6.42 Å². The molecule has 88 valence electrons. The second-order valence-electron chi connectivity index (χ2n) is 4.66. The SMILES string of the molecule is Cc1cccc(Cc2ccc3ccccc3n2)c1. The van der Waals surface area contributed by atoms with Crippen LogP contribution in [0.25, 0.3) is 10.9 Å². The molecule has 0 atom stereocenters. The molecule has 1 nitrogen and oxygen atoms in total. The largest absolute Gasteiger partial charge is 0.252 e. The lowest BCUT2D eigenvalue weighted by Crippen LogP contribution is -1.93. The van der Waals surface area contributed by atoms with Gasteiger partial charge in [-0.1, -0.05) is 54.1 Å². The van der Waals surface area contributed by atoms with Crippen molar-refractivity contribution >= 4 is 10.9 Å². The summed E-state index contributed by atoms with van der Waals surface area (Å²) in [4.78, 5) is 4.70. The Hall–Kier alpha value is -2.15. The maximum Gasteiger partial charge on any atom is 0.0705 e. The molecule has 2 aromatic carbocycles. The van der Waals surface area contributed by atoms with Crippen molar-refractivity contribution in [2.75, 3.05) is 0 Å². The van der Waals surface area contributed by atoms with E-state index in [0.29, 0.717) is 0 Å². The fourth-order valence-electron chi connectivity index (χ4n) is 2.24. The molecule has 0 spiro atoms. The van der Waals surface area contributed by atoms with Gasteiger partial charge in [-0.15, -0.1) is 0 Å². The smallest absolute Gasteiger partial charge is 0.0705 e. The van der Waals surface area contributed by atoms with E-state index in [9.17, 15) is 0 Å². The van der Waals surface area contributed by atoms with E-state index in [1.807, 2.05) is 12.1 Å². The first-order valence-electron chi connectivity index (χ1n) is 6.21. The van der Waals surface area contributed by atoms with Gasteiger partial charge in [-0.25, -0.2) is 0 Å². The third-order valence-corrected chi connectivity index (χ3v) is 3.12. The first-order valence-corrected chi connectivity index (χ1v) is 6.21. The highest BCUT2D eigenvalue weighted by molar-refractivity contribution is 5.78. The standard InChI is InChI=1S/C17H15N/c1-13-5-4-6-14(11-13)12-16-10-9-15-7-2-3-8-17(15)18-16/h2-11H,12H2,1H3. The third kappa shape index (κ3) is 2.25. The van der Waals surface area contributed by atoms with Gasteiger partial charge in [0.05, 0.1) is 5.52 Å². The summed E-state index contributed by atoms with van der Waals surface area (Å²) in [5.74, 6) is 0. The second-order valence-corrected chi connectivity index (χ2v) is 4.66. The lowest BCUT2D eigenvalue weighted by atomic mass is 10.1. The second kappa shape index (κ2) is 4.61. The molecule has 0 unspecified atom stereocenters. The van der Waals surface area contributed by atoms with Crippen molar-refractivity contribution in [3.63, 3.8) is 0 Å². The van der Waals surface area contributed by atoms with Crippen LogP contribution >= 0.6 is 0 Å². The van der Waals surface area contributed by atoms with Crippen LogP contribution in [0.4, 0.5) is 0 Å². The monoisotopic (exact) mass is 233 g/mol. The zero-order valence-electron chi connectivity index (χ0n) is 10.4. The lowest BCUT2D eigenvalue weighted by Gasteiger charge is -2.04. The summed E-state index contributed by atoms with van der Waals surface area (Å²) in [5.41, 5.74) is 4.81. The first-order chi connectivity index (χ1) is 8.81. The Morgan fingerprint density at radius 3 is 2.67 bits per heavy atom. The van der Waals surface area contributed by atoms with E-state index in [4.69, 9.17) is 4.98 Å². The number of pyridine rings is 1. The van der Waals surface area contributed by atoms with Gasteiger partial charge in [0.2, 0.25) is 0 Å². The highest BCUT2D eigenvalue weighted by Gasteiger charge is 2.00. The zero-order chi connectivity index (χ0) is 12.4. The minimum absolute atomic E-state index is 0.895. The predicted octanol–water partition coefficient (Wildman–Crippen LogP) is 4.13. The van der Waals surface area contributed by atoms with E-state index in [-0.39, 0.29) is 0 Å². The third-order valence-electron chi connectivity index (χ3n) is 3.12. The molecule has 0 fully saturated rings. The highest BCUT2D eigenvalue weighted by atomic mass is 14.7. The highest BCUT2D eigenvalue weighted by Crippen LogP contribution is 2.15. The Bertz CT molecular complexity index is 686. The van der Waals surface area contributed by atoms with E-state index in [2.05, 4.69) is 55.5 Å². The molecule has 0 aliphatic rings. The van der Waals surface area contributed by atoms with Gasteiger partial charge in [0, 0.05) is 17.5 Å². The predicted molar refractivity (Wildman–Crippen MR) is 75.7 cm³/mol. The molecule has 0 aliphatic heterocycles. The molecule has 1 heteroatoms. The van der Waals surface area contributed by atoms with Crippen molar-refractivity contribution in [1.82, 2.24) is 4.98 Å². The molecular formula is C17H15N. The van der Waals surface area contributed by atoms with Crippen LogP contribution in [0.3, 0.4) is 0 Å². The summed E-state index contributed by atoms with van der Waals surface area (Å²) in [6.07, 6.45) is 0.895. The molecule has 0 amide bonds. The number of aryl methyl sites for hydroxylation is 1. The van der Waals surface area contributed by atoms with Crippen molar-refractivity contribution in [2.24, 2.45) is 0 Å². The van der Waals surface area contributed by atoms with Gasteiger partial charge < -0.3 is 0 Å². The number of fused-ring (bicyclic) bond motifs is 1. The van der Waals surface area contributed by atoms with Gasteiger partial charge in [0.1, 0.15) is 0 Å². The van der Waals surface area contributed by atoms with Gasteiger partial charge in [0.25, 0.3) is 0 Å². The quantitative estimate of drug-likeness (QED) is 0.648. The summed E-state index contributed by atoms with van der Waals surface area (Å²) in [6, 6.07) is 21.1. The minimum Gasteiger partial charge on any atom is -0.252 e. The molecular weight excluding hydrogens is 218 g/mol. The molecule has 0 aliphatic carbocycles. The molecule has 0 saturated carbocycles. The van der Waals surface area contributed by atoms with Crippen molar-refractivity contribution < 1.29 is 0 Å². The summed E-state index contributed by atoms with van der Waals surface area (Å²) < 4.78 is 0. The van der Waals surface area contributed by atoms with E-state index in [1.54, 1.807) is 0 Å². The fourth-order valence-corrected chi connectivity index (χ4v) is 2.24. The van der Waals surface area contributed by atoms with Gasteiger partial charge in [0.15, 0.2) is 0 Å². The number of hydrogen-bond acceptors (Lipinski definition) is 1. The zero-order valence-corrected chi connectivity index (χ0v) is 10.4. The maximum absolute atomic E-state index is 4.70. The molecule has 0 bridgehead atoms. The topological polar surface area (TPSA) is 12.9 Å². The Balaban J connectivity index is 1.95. The molecule has 0 radical (unpaired) electrons. The average Bonchev–Trinajstić information content (AvgIpc) is 2.39. The first kappa shape index (κ1) is 11.0. The Morgan fingerprint density at radius 2 is 1.78 bits per heavy atom. The van der Waals surface area contributed by atoms with Gasteiger partial charge >= 0.3 is 0 Å². The van der Waals surface area contributed by atoms with Crippen LogP contribution < -0.4 is 0 Å². The Kier molecular flexibility index (Phi) is 2.81. The minimum atomic E-state index is 0.895. The van der Waals surface area contributed by atoms with Crippen LogP contribution in [0.15, 0.2) is 60.7 Å². The summed E-state index contributed by atoms with van der Waals surface area (Å²) in [7, 11) is 0. The molecule has 3 rings (SSSR count). The van der Waals surface area contributed by atoms with Crippen molar-refractivity contribution in [2.45, 2.75) is 13.3 Å². The number of rotatable bonds is 2. The van der Waals surface area contributed by atoms with E-state index < -0.39 is 0 Å². The maximum atomic E-state index is 4.70. The lowest BCUT2D eigenvalue weighted by molar-refractivity contribution is 1.09. The molecule has 1 heterocycles. The van der Waals surface area contributed by atoms with Crippen molar-refractivity contribution in [1.29, 1.82) is 0 Å². The van der Waals surface area contributed by atoms with Gasteiger partial charge in [-0.3, -0.25) is 4.98 Å². The number of hydrogen-bond donors (Lipinski definition) is 0. The number of para-hydroxylation sites is 1. The normalized spacial score (nSPS) is 10.7. The summed E-state index contributed by atoms with van der Waals surface area (Å²) in [5, 5.41) is 1.20. The molecule has 3 aromatic rings. The number of benzene rings is 2. The molecule has 0 saturated heterocycles. The van der Waals surface area contributed by atoms with Crippen molar-refractivity contribution in [3.05, 3.63) is 77.5 Å². The Morgan fingerprint density at radius 1 is 0.889 bits per heavy atom. The summed E-state index contributed by atoms with van der Waals surface area (Å²) >= 11 is 0. The molecule has 1 aromatic heterocycles. The summed E-state index contributed by atoms with van der Waals surface area (Å²) in [6.45, 7) is 2.12.